The molecule has 2 aliphatic rings. The average molecular weight is 557 g/mol. The van der Waals surface area contributed by atoms with E-state index in [1.165, 1.54) is 10.4 Å². The fraction of sp³-hybridized carbons (Fsp3) is 0.591. The molecule has 4 heterocycles. The Kier molecular flexibility index (Phi) is 8.76. The van der Waals surface area contributed by atoms with Crippen LogP contribution in [0.25, 0.3) is 0 Å². The molecule has 1 saturated heterocycles. The van der Waals surface area contributed by atoms with Crippen LogP contribution in [-0.4, -0.2) is 63.9 Å². The van der Waals surface area contributed by atoms with Crippen molar-refractivity contribution in [3.63, 3.8) is 0 Å². The van der Waals surface area contributed by atoms with Crippen LogP contribution in [0.5, 0.6) is 0 Å². The molecule has 1 amide bonds. The van der Waals surface area contributed by atoms with Gasteiger partial charge in [-0.2, -0.15) is 0 Å². The van der Waals surface area contributed by atoms with Crippen LogP contribution in [0.3, 0.4) is 0 Å². The normalized spacial score (nSPS) is 21.4. The van der Waals surface area contributed by atoms with Crippen molar-refractivity contribution in [1.29, 1.82) is 0 Å². The number of carbonyl (C=O) groups excluding carboxylic acids is 1. The van der Waals surface area contributed by atoms with Crippen molar-refractivity contribution >= 4 is 47.2 Å². The highest BCUT2D eigenvalue weighted by molar-refractivity contribution is 14.0. The van der Waals surface area contributed by atoms with E-state index in [-0.39, 0.29) is 29.9 Å². The number of aromatic nitrogens is 2. The maximum Gasteiger partial charge on any atom is 0.224 e. The van der Waals surface area contributed by atoms with Gasteiger partial charge in [-0.15, -0.1) is 35.3 Å². The molecule has 0 saturated carbocycles. The molecule has 170 valence electrons. The van der Waals surface area contributed by atoms with E-state index in [2.05, 4.69) is 45.1 Å². The zero-order valence-corrected chi connectivity index (χ0v) is 21.5. The monoisotopic (exact) mass is 556 g/mol. The third-order valence-corrected chi connectivity index (χ3v) is 7.23. The number of fused-ring (bicyclic) bond motifs is 1. The number of piperidine rings is 1. The minimum Gasteiger partial charge on any atom is -0.357 e. The summed E-state index contributed by atoms with van der Waals surface area (Å²) in [6.45, 7) is 9.21. The summed E-state index contributed by atoms with van der Waals surface area (Å²) in [5.74, 6) is 1.72. The predicted octanol–water partition coefficient (Wildman–Crippen LogP) is 3.39. The Morgan fingerprint density at radius 2 is 2.23 bits per heavy atom. The number of hydrogen-bond donors (Lipinski definition) is 1. The summed E-state index contributed by atoms with van der Waals surface area (Å²) in [5.41, 5.74) is 1.31. The second kappa shape index (κ2) is 11.3. The van der Waals surface area contributed by atoms with Gasteiger partial charge < -0.3 is 19.7 Å². The number of thiophene rings is 1. The van der Waals surface area contributed by atoms with E-state index in [4.69, 9.17) is 4.99 Å². The number of halogens is 1. The van der Waals surface area contributed by atoms with Crippen molar-refractivity contribution in [3.8, 4) is 0 Å². The zero-order chi connectivity index (χ0) is 20.9. The summed E-state index contributed by atoms with van der Waals surface area (Å²) in [4.78, 5) is 27.5. The van der Waals surface area contributed by atoms with Crippen LogP contribution in [0.1, 0.15) is 43.2 Å². The molecular formula is C22H33IN6OS. The maximum atomic E-state index is 12.7. The fourth-order valence-electron chi connectivity index (χ4n) is 4.40. The maximum absolute atomic E-state index is 12.7. The first-order valence-corrected chi connectivity index (χ1v) is 11.9. The molecule has 0 radical (unpaired) electrons. The molecule has 2 aromatic rings. The highest BCUT2D eigenvalue weighted by Gasteiger charge is 2.29. The lowest BCUT2D eigenvalue weighted by Gasteiger charge is -2.39. The summed E-state index contributed by atoms with van der Waals surface area (Å²) in [6.07, 6.45) is 8.35. The Morgan fingerprint density at radius 3 is 3.00 bits per heavy atom. The first-order chi connectivity index (χ1) is 14.7. The second-order valence-corrected chi connectivity index (χ2v) is 9.21. The third-order valence-electron chi connectivity index (χ3n) is 6.21. The van der Waals surface area contributed by atoms with Gasteiger partial charge in [-0.05, 0) is 42.7 Å². The van der Waals surface area contributed by atoms with Gasteiger partial charge in [-0.3, -0.25) is 9.79 Å². The van der Waals surface area contributed by atoms with Gasteiger partial charge in [-0.25, -0.2) is 4.98 Å². The number of nitrogens with zero attached hydrogens (tertiary/aromatic N) is 5. The Morgan fingerprint density at radius 1 is 1.35 bits per heavy atom. The first kappa shape index (κ1) is 24.0. The minimum atomic E-state index is 0. The molecule has 9 heteroatoms. The van der Waals surface area contributed by atoms with Crippen molar-refractivity contribution < 1.29 is 4.79 Å². The summed E-state index contributed by atoms with van der Waals surface area (Å²) in [6, 6.07) is 2.54. The molecule has 1 fully saturated rings. The largest absolute Gasteiger partial charge is 0.357 e. The van der Waals surface area contributed by atoms with Crippen LogP contribution in [0.4, 0.5) is 0 Å². The van der Waals surface area contributed by atoms with Crippen molar-refractivity contribution in [2.75, 3.05) is 32.7 Å². The minimum absolute atomic E-state index is 0. The number of likely N-dealkylation sites (tertiary alicyclic amines) is 1. The Bertz CT molecular complexity index is 867. The van der Waals surface area contributed by atoms with Crippen molar-refractivity contribution in [2.45, 2.75) is 45.7 Å². The van der Waals surface area contributed by atoms with Crippen LogP contribution in [0, 0.1) is 5.92 Å². The standard InChI is InChI=1S/C22H32N6OS.HI/c1-3-24-22(27-10-5-17(2)19(15-27)28-12-9-23-16-28)25-8-4-21(29)26-11-6-20-18(14-26)7-13-30-20;/h7,9,12-13,16-17,19H,3-6,8,10-11,14-15H2,1-2H3,(H,24,25);1H. The molecule has 0 spiro atoms. The predicted molar refractivity (Wildman–Crippen MR) is 136 cm³/mol. The molecule has 2 aromatic heterocycles. The highest BCUT2D eigenvalue weighted by Crippen LogP contribution is 2.27. The van der Waals surface area contributed by atoms with Crippen molar-refractivity contribution in [3.05, 3.63) is 40.6 Å². The lowest BCUT2D eigenvalue weighted by molar-refractivity contribution is -0.131. The lowest BCUT2D eigenvalue weighted by Crippen LogP contribution is -2.49. The number of carbonyl (C=O) groups is 1. The lowest BCUT2D eigenvalue weighted by atomic mass is 9.93. The van der Waals surface area contributed by atoms with Gasteiger partial charge >= 0.3 is 0 Å². The smallest absolute Gasteiger partial charge is 0.224 e. The molecule has 7 nitrogen and oxygen atoms in total. The second-order valence-electron chi connectivity index (χ2n) is 8.21. The fourth-order valence-corrected chi connectivity index (χ4v) is 5.29. The number of hydrogen-bond acceptors (Lipinski definition) is 4. The van der Waals surface area contributed by atoms with Gasteiger partial charge in [0.2, 0.25) is 5.91 Å². The number of aliphatic imine (C=N–C) groups is 1. The van der Waals surface area contributed by atoms with Gasteiger partial charge in [0.1, 0.15) is 0 Å². The van der Waals surface area contributed by atoms with E-state index in [1.807, 2.05) is 23.6 Å². The van der Waals surface area contributed by atoms with Crippen molar-refractivity contribution in [2.24, 2.45) is 10.9 Å². The van der Waals surface area contributed by atoms with Gasteiger partial charge in [0.25, 0.3) is 0 Å². The van der Waals surface area contributed by atoms with Gasteiger partial charge in [0.15, 0.2) is 5.96 Å². The van der Waals surface area contributed by atoms with Crippen LogP contribution in [-0.2, 0) is 17.8 Å². The number of nitrogens with one attached hydrogen (secondary N) is 1. The third kappa shape index (κ3) is 5.79. The number of amides is 1. The molecular weight excluding hydrogens is 523 g/mol. The summed E-state index contributed by atoms with van der Waals surface area (Å²) in [5, 5.41) is 5.55. The summed E-state index contributed by atoms with van der Waals surface area (Å²) >= 11 is 1.80. The van der Waals surface area contributed by atoms with Crippen molar-refractivity contribution in [1.82, 2.24) is 24.7 Å². The van der Waals surface area contributed by atoms with E-state index >= 15 is 0 Å². The summed E-state index contributed by atoms with van der Waals surface area (Å²) in [7, 11) is 0. The molecule has 0 aliphatic carbocycles. The Hall–Kier alpha value is -1.62. The highest BCUT2D eigenvalue weighted by atomic mass is 127. The van der Waals surface area contributed by atoms with E-state index < -0.39 is 0 Å². The molecule has 0 aromatic carbocycles. The van der Waals surface area contributed by atoms with E-state index in [1.54, 1.807) is 11.3 Å². The molecule has 2 atom stereocenters. The first-order valence-electron chi connectivity index (χ1n) is 11.0. The molecule has 2 unspecified atom stereocenters. The van der Waals surface area contributed by atoms with E-state index in [0.29, 0.717) is 24.9 Å². The van der Waals surface area contributed by atoms with Crippen LogP contribution < -0.4 is 5.32 Å². The zero-order valence-electron chi connectivity index (χ0n) is 18.4. The van der Waals surface area contributed by atoms with Crippen LogP contribution in [0.2, 0.25) is 0 Å². The van der Waals surface area contributed by atoms with Crippen LogP contribution in [0.15, 0.2) is 35.2 Å². The topological polar surface area (TPSA) is 65.8 Å². The van der Waals surface area contributed by atoms with Gasteiger partial charge in [-0.1, -0.05) is 6.92 Å². The number of rotatable bonds is 5. The van der Waals surface area contributed by atoms with Crippen LogP contribution >= 0.6 is 35.3 Å². The number of imidazole rings is 1. The van der Waals surface area contributed by atoms with Gasteiger partial charge in [0.05, 0.1) is 18.9 Å². The molecule has 0 bridgehead atoms. The average Bonchev–Trinajstić information content (AvgIpc) is 3.45. The van der Waals surface area contributed by atoms with E-state index in [0.717, 1.165) is 51.5 Å². The quantitative estimate of drug-likeness (QED) is 0.349. The molecule has 2 aliphatic heterocycles. The Balaban J connectivity index is 0.00000272. The molecule has 4 rings (SSSR count). The Labute approximate surface area is 206 Å². The molecule has 31 heavy (non-hydrogen) atoms. The molecule has 1 N–H and O–H groups in total. The summed E-state index contributed by atoms with van der Waals surface area (Å²) < 4.78 is 2.21. The number of guanidine groups is 1. The van der Waals surface area contributed by atoms with E-state index in [9.17, 15) is 4.79 Å². The van der Waals surface area contributed by atoms with Gasteiger partial charge in [0, 0.05) is 56.4 Å². The SMILES string of the molecule is CCNC(=NCCC(=O)N1CCc2sccc2C1)N1CCC(C)C(n2ccnc2)C1.I.